The molecule has 0 saturated heterocycles. The zero-order valence-corrected chi connectivity index (χ0v) is 20.4. The van der Waals surface area contributed by atoms with Crippen LogP contribution in [-0.4, -0.2) is 10.5 Å². The summed E-state index contributed by atoms with van der Waals surface area (Å²) in [7, 11) is 0. The van der Waals surface area contributed by atoms with Crippen LogP contribution >= 0.6 is 15.9 Å². The van der Waals surface area contributed by atoms with Gasteiger partial charge in [-0.3, -0.25) is 4.79 Å². The van der Waals surface area contributed by atoms with E-state index in [1.165, 1.54) is 10.8 Å². The van der Waals surface area contributed by atoms with Crippen molar-refractivity contribution in [3.63, 3.8) is 0 Å². The van der Waals surface area contributed by atoms with Gasteiger partial charge < -0.3 is 9.88 Å². The SMILES string of the molecule is O=C(Nc1ccccc1-c1cccc2c3ccccc3n(-c3ccccc3)c12)c1cccc(Br)c1. The Morgan fingerprint density at radius 3 is 2.20 bits per heavy atom. The number of hydrogen-bond donors (Lipinski definition) is 1. The third-order valence-corrected chi connectivity index (χ3v) is 6.75. The van der Waals surface area contributed by atoms with Crippen LogP contribution in [0.2, 0.25) is 0 Å². The number of anilines is 1. The molecule has 0 fully saturated rings. The van der Waals surface area contributed by atoms with Gasteiger partial charge in [-0.05, 0) is 42.5 Å². The zero-order chi connectivity index (χ0) is 23.8. The molecule has 0 aliphatic carbocycles. The lowest BCUT2D eigenvalue weighted by atomic mass is 10.00. The number of rotatable bonds is 4. The molecule has 5 aromatic carbocycles. The topological polar surface area (TPSA) is 34.0 Å². The Labute approximate surface area is 211 Å². The van der Waals surface area contributed by atoms with Gasteiger partial charge >= 0.3 is 0 Å². The summed E-state index contributed by atoms with van der Waals surface area (Å²) in [6.45, 7) is 0. The van der Waals surface area contributed by atoms with E-state index in [-0.39, 0.29) is 5.91 Å². The molecule has 168 valence electrons. The largest absolute Gasteiger partial charge is 0.321 e. The second-order valence-corrected chi connectivity index (χ2v) is 9.32. The van der Waals surface area contributed by atoms with Crippen LogP contribution in [0.3, 0.4) is 0 Å². The van der Waals surface area contributed by atoms with E-state index in [0.717, 1.165) is 38.0 Å². The lowest BCUT2D eigenvalue weighted by molar-refractivity contribution is 0.102. The van der Waals surface area contributed by atoms with E-state index < -0.39 is 0 Å². The first-order valence-electron chi connectivity index (χ1n) is 11.4. The Bertz CT molecular complexity index is 1700. The third kappa shape index (κ3) is 3.82. The van der Waals surface area contributed by atoms with Crippen LogP contribution in [0.1, 0.15) is 10.4 Å². The first-order valence-corrected chi connectivity index (χ1v) is 12.2. The van der Waals surface area contributed by atoms with Crippen molar-refractivity contribution in [1.82, 2.24) is 4.57 Å². The lowest BCUT2D eigenvalue weighted by Crippen LogP contribution is -2.12. The average molecular weight is 517 g/mol. The number of nitrogens with zero attached hydrogens (tertiary/aromatic N) is 1. The molecule has 1 heterocycles. The van der Waals surface area contributed by atoms with E-state index in [9.17, 15) is 4.79 Å². The molecule has 0 bridgehead atoms. The standard InChI is InChI=1S/C31H21BrN2O/c32-22-11-8-10-21(20-22)31(35)33-28-18-6-4-14-24(28)26-16-9-17-27-25-15-5-7-19-29(25)34(30(26)27)23-12-2-1-3-13-23/h1-20H,(H,33,35). The minimum Gasteiger partial charge on any atom is -0.321 e. The van der Waals surface area contributed by atoms with E-state index in [1.807, 2.05) is 48.5 Å². The van der Waals surface area contributed by atoms with Gasteiger partial charge in [-0.15, -0.1) is 0 Å². The highest BCUT2D eigenvalue weighted by Gasteiger charge is 2.18. The van der Waals surface area contributed by atoms with Crippen LogP contribution in [0.4, 0.5) is 5.69 Å². The number of benzene rings is 5. The molecular weight excluding hydrogens is 496 g/mol. The fourth-order valence-electron chi connectivity index (χ4n) is 4.73. The third-order valence-electron chi connectivity index (χ3n) is 6.26. The van der Waals surface area contributed by atoms with Crippen molar-refractivity contribution in [1.29, 1.82) is 0 Å². The molecule has 35 heavy (non-hydrogen) atoms. The molecule has 0 aliphatic heterocycles. The quantitative estimate of drug-likeness (QED) is 0.250. The molecule has 6 aromatic rings. The molecule has 1 amide bonds. The molecule has 1 N–H and O–H groups in total. The highest BCUT2D eigenvalue weighted by atomic mass is 79.9. The minimum atomic E-state index is -0.144. The number of carbonyl (C=O) groups excluding carboxylic acids is 1. The van der Waals surface area contributed by atoms with Gasteiger partial charge in [0.15, 0.2) is 0 Å². The number of halogens is 1. The first-order chi connectivity index (χ1) is 17.2. The van der Waals surface area contributed by atoms with Gasteiger partial charge in [0.2, 0.25) is 0 Å². The molecule has 1 aromatic heterocycles. The molecule has 0 aliphatic rings. The maximum absolute atomic E-state index is 13.1. The zero-order valence-electron chi connectivity index (χ0n) is 18.8. The summed E-state index contributed by atoms with van der Waals surface area (Å²) >= 11 is 3.46. The van der Waals surface area contributed by atoms with Crippen molar-refractivity contribution in [3.05, 3.63) is 131 Å². The molecule has 3 nitrogen and oxygen atoms in total. The van der Waals surface area contributed by atoms with Crippen LogP contribution in [-0.2, 0) is 0 Å². The number of nitrogens with one attached hydrogen (secondary N) is 1. The van der Waals surface area contributed by atoms with E-state index >= 15 is 0 Å². The predicted octanol–water partition coefficient (Wildman–Crippen LogP) is 8.47. The number of aromatic nitrogens is 1. The van der Waals surface area contributed by atoms with Gasteiger partial charge in [-0.1, -0.05) is 94.8 Å². The Morgan fingerprint density at radius 1 is 0.657 bits per heavy atom. The number of carbonyl (C=O) groups is 1. The summed E-state index contributed by atoms with van der Waals surface area (Å²) in [5.41, 5.74) is 6.78. The molecule has 0 spiro atoms. The van der Waals surface area contributed by atoms with Crippen molar-refractivity contribution >= 4 is 49.3 Å². The van der Waals surface area contributed by atoms with E-state index in [2.05, 4.69) is 98.6 Å². The summed E-state index contributed by atoms with van der Waals surface area (Å²) in [6, 6.07) is 40.7. The van der Waals surface area contributed by atoms with Crippen LogP contribution in [0.15, 0.2) is 126 Å². The lowest BCUT2D eigenvalue weighted by Gasteiger charge is -2.15. The van der Waals surface area contributed by atoms with Crippen LogP contribution in [0, 0.1) is 0 Å². The highest BCUT2D eigenvalue weighted by Crippen LogP contribution is 2.40. The van der Waals surface area contributed by atoms with Gasteiger partial charge in [-0.2, -0.15) is 0 Å². The minimum absolute atomic E-state index is 0.144. The van der Waals surface area contributed by atoms with Crippen molar-refractivity contribution in [2.24, 2.45) is 0 Å². The Hall–Kier alpha value is -4.15. The molecule has 4 heteroatoms. The first kappa shape index (κ1) is 21.4. The maximum Gasteiger partial charge on any atom is 0.255 e. The van der Waals surface area contributed by atoms with E-state index in [0.29, 0.717) is 5.56 Å². The predicted molar refractivity (Wildman–Crippen MR) is 148 cm³/mol. The van der Waals surface area contributed by atoms with E-state index in [1.54, 1.807) is 0 Å². The van der Waals surface area contributed by atoms with Crippen molar-refractivity contribution in [2.45, 2.75) is 0 Å². The second kappa shape index (κ2) is 8.90. The molecule has 6 rings (SSSR count). The summed E-state index contributed by atoms with van der Waals surface area (Å²) < 4.78 is 3.18. The second-order valence-electron chi connectivity index (χ2n) is 8.40. The smallest absolute Gasteiger partial charge is 0.255 e. The normalized spacial score (nSPS) is 11.1. The van der Waals surface area contributed by atoms with Crippen molar-refractivity contribution < 1.29 is 4.79 Å². The van der Waals surface area contributed by atoms with E-state index in [4.69, 9.17) is 0 Å². The molecule has 0 saturated carbocycles. The number of fused-ring (bicyclic) bond motifs is 3. The monoisotopic (exact) mass is 516 g/mol. The maximum atomic E-state index is 13.1. The number of amides is 1. The number of hydrogen-bond acceptors (Lipinski definition) is 1. The highest BCUT2D eigenvalue weighted by molar-refractivity contribution is 9.10. The Balaban J connectivity index is 1.58. The fourth-order valence-corrected chi connectivity index (χ4v) is 5.13. The summed E-state index contributed by atoms with van der Waals surface area (Å²) in [5.74, 6) is -0.144. The van der Waals surface area contributed by atoms with Crippen molar-refractivity contribution in [3.8, 4) is 16.8 Å². The average Bonchev–Trinajstić information content (AvgIpc) is 3.24. The molecule has 0 radical (unpaired) electrons. The van der Waals surface area contributed by atoms with Gasteiger partial charge in [0.05, 0.1) is 11.0 Å². The fraction of sp³-hybridized carbons (Fsp3) is 0. The Morgan fingerprint density at radius 2 is 1.34 bits per heavy atom. The van der Waals surface area contributed by atoms with Gasteiger partial charge in [-0.25, -0.2) is 0 Å². The molecule has 0 atom stereocenters. The molecular formula is C31H21BrN2O. The van der Waals surface area contributed by atoms with Gasteiger partial charge in [0.25, 0.3) is 5.91 Å². The summed E-state index contributed by atoms with van der Waals surface area (Å²) in [6.07, 6.45) is 0. The van der Waals surface area contributed by atoms with Crippen LogP contribution in [0.5, 0.6) is 0 Å². The molecule has 0 unspecified atom stereocenters. The summed E-state index contributed by atoms with van der Waals surface area (Å²) in [4.78, 5) is 13.1. The Kier molecular flexibility index (Phi) is 5.44. The van der Waals surface area contributed by atoms with Gasteiger partial charge in [0, 0.05) is 43.3 Å². The van der Waals surface area contributed by atoms with Gasteiger partial charge in [0.1, 0.15) is 0 Å². The van der Waals surface area contributed by atoms with Crippen LogP contribution in [0.25, 0.3) is 38.6 Å². The number of para-hydroxylation sites is 4. The summed E-state index contributed by atoms with van der Waals surface area (Å²) in [5, 5.41) is 5.52. The van der Waals surface area contributed by atoms with Crippen molar-refractivity contribution in [2.75, 3.05) is 5.32 Å². The van der Waals surface area contributed by atoms with Crippen LogP contribution < -0.4 is 5.32 Å².